The van der Waals surface area contributed by atoms with Gasteiger partial charge in [-0.3, -0.25) is 0 Å². The molecule has 2 rings (SSSR count). The maximum Gasteiger partial charge on any atom is 0.275 e. The SMILES string of the molecule is CCOCc1ccccc1NCc1ccc(S(=O)(=O)N(C)C)o1. The summed E-state index contributed by atoms with van der Waals surface area (Å²) in [5.41, 5.74) is 1.98. The monoisotopic (exact) mass is 338 g/mol. The van der Waals surface area contributed by atoms with E-state index in [9.17, 15) is 8.42 Å². The number of sulfonamides is 1. The Morgan fingerprint density at radius 1 is 1.17 bits per heavy atom. The van der Waals surface area contributed by atoms with E-state index in [0.717, 1.165) is 15.6 Å². The molecule has 1 heterocycles. The normalized spacial score (nSPS) is 11.8. The van der Waals surface area contributed by atoms with Crippen molar-refractivity contribution in [3.8, 4) is 0 Å². The van der Waals surface area contributed by atoms with Gasteiger partial charge in [-0.15, -0.1) is 0 Å². The first-order valence-corrected chi connectivity index (χ1v) is 8.80. The maximum absolute atomic E-state index is 12.0. The van der Waals surface area contributed by atoms with Crippen molar-refractivity contribution in [1.29, 1.82) is 0 Å². The molecule has 1 aromatic heterocycles. The van der Waals surface area contributed by atoms with Gasteiger partial charge in [-0.05, 0) is 25.1 Å². The average Bonchev–Trinajstić information content (AvgIpc) is 3.01. The minimum Gasteiger partial charge on any atom is -0.446 e. The molecule has 0 aliphatic heterocycles. The lowest BCUT2D eigenvalue weighted by Gasteiger charge is -2.11. The molecule has 0 unspecified atom stereocenters. The molecule has 0 saturated heterocycles. The van der Waals surface area contributed by atoms with Crippen LogP contribution in [0.4, 0.5) is 5.69 Å². The van der Waals surface area contributed by atoms with Crippen LogP contribution in [0.25, 0.3) is 0 Å². The van der Waals surface area contributed by atoms with Crippen LogP contribution in [0.5, 0.6) is 0 Å². The van der Waals surface area contributed by atoms with E-state index in [4.69, 9.17) is 9.15 Å². The van der Waals surface area contributed by atoms with Crippen molar-refractivity contribution < 1.29 is 17.6 Å². The number of anilines is 1. The summed E-state index contributed by atoms with van der Waals surface area (Å²) >= 11 is 0. The molecule has 1 aromatic carbocycles. The summed E-state index contributed by atoms with van der Waals surface area (Å²) in [5.74, 6) is 0.552. The van der Waals surface area contributed by atoms with Crippen molar-refractivity contribution in [2.45, 2.75) is 25.2 Å². The third-order valence-electron chi connectivity index (χ3n) is 3.30. The Hall–Kier alpha value is -1.83. The van der Waals surface area contributed by atoms with E-state index >= 15 is 0 Å². The number of nitrogens with zero attached hydrogens (tertiary/aromatic N) is 1. The first kappa shape index (κ1) is 17.5. The fraction of sp³-hybridized carbons (Fsp3) is 0.375. The summed E-state index contributed by atoms with van der Waals surface area (Å²) in [6.07, 6.45) is 0. The average molecular weight is 338 g/mol. The molecule has 0 bridgehead atoms. The fourth-order valence-electron chi connectivity index (χ4n) is 1.98. The van der Waals surface area contributed by atoms with Crippen molar-refractivity contribution in [1.82, 2.24) is 4.31 Å². The molecule has 2 aromatic rings. The van der Waals surface area contributed by atoms with Gasteiger partial charge in [0.15, 0.2) is 0 Å². The summed E-state index contributed by atoms with van der Waals surface area (Å²) in [4.78, 5) is 0. The van der Waals surface area contributed by atoms with E-state index in [0.29, 0.717) is 25.5 Å². The van der Waals surface area contributed by atoms with Crippen LogP contribution in [0.3, 0.4) is 0 Å². The number of ether oxygens (including phenoxy) is 1. The van der Waals surface area contributed by atoms with Crippen molar-refractivity contribution in [2.24, 2.45) is 0 Å². The van der Waals surface area contributed by atoms with Crippen molar-refractivity contribution in [2.75, 3.05) is 26.0 Å². The second-order valence-electron chi connectivity index (χ2n) is 5.16. The van der Waals surface area contributed by atoms with E-state index in [1.54, 1.807) is 6.07 Å². The second kappa shape index (κ2) is 7.63. The summed E-state index contributed by atoms with van der Waals surface area (Å²) in [6.45, 7) is 3.52. The zero-order valence-corrected chi connectivity index (χ0v) is 14.4. The van der Waals surface area contributed by atoms with E-state index in [1.807, 2.05) is 31.2 Å². The van der Waals surface area contributed by atoms with Crippen LogP contribution in [-0.4, -0.2) is 33.4 Å². The number of rotatable bonds is 8. The Balaban J connectivity index is 2.07. The van der Waals surface area contributed by atoms with Gasteiger partial charge in [0.2, 0.25) is 5.09 Å². The van der Waals surface area contributed by atoms with Crippen LogP contribution in [0.15, 0.2) is 45.9 Å². The summed E-state index contributed by atoms with van der Waals surface area (Å²) in [5, 5.41) is 3.20. The minimum absolute atomic E-state index is 0.0538. The zero-order chi connectivity index (χ0) is 16.9. The van der Waals surface area contributed by atoms with Crippen LogP contribution in [0, 0.1) is 0 Å². The van der Waals surface area contributed by atoms with Gasteiger partial charge in [0.05, 0.1) is 13.2 Å². The van der Waals surface area contributed by atoms with Crippen LogP contribution >= 0.6 is 0 Å². The van der Waals surface area contributed by atoms with Gasteiger partial charge in [-0.2, -0.15) is 0 Å². The second-order valence-corrected chi connectivity index (χ2v) is 7.24. The van der Waals surface area contributed by atoms with Crippen LogP contribution in [-0.2, 0) is 27.9 Å². The molecule has 0 saturated carbocycles. The third-order valence-corrected chi connectivity index (χ3v) is 4.99. The number of hydrogen-bond acceptors (Lipinski definition) is 5. The fourth-order valence-corrected chi connectivity index (χ4v) is 2.80. The lowest BCUT2D eigenvalue weighted by molar-refractivity contribution is 0.134. The first-order chi connectivity index (χ1) is 10.9. The predicted molar refractivity (Wildman–Crippen MR) is 88.7 cm³/mol. The van der Waals surface area contributed by atoms with Crippen LogP contribution < -0.4 is 5.32 Å². The molecule has 0 atom stereocenters. The zero-order valence-electron chi connectivity index (χ0n) is 13.6. The molecule has 7 heteroatoms. The highest BCUT2D eigenvalue weighted by Crippen LogP contribution is 2.20. The molecule has 0 spiro atoms. The summed E-state index contributed by atoms with van der Waals surface area (Å²) in [6, 6.07) is 11.0. The van der Waals surface area contributed by atoms with Crippen molar-refractivity contribution in [3.05, 3.63) is 47.7 Å². The number of benzene rings is 1. The highest BCUT2D eigenvalue weighted by Gasteiger charge is 2.21. The molecule has 126 valence electrons. The molecular formula is C16H22N2O4S. The molecule has 0 aliphatic rings. The number of para-hydroxylation sites is 1. The van der Waals surface area contributed by atoms with Gasteiger partial charge >= 0.3 is 0 Å². The predicted octanol–water partition coefficient (Wildman–Crippen LogP) is 2.68. The van der Waals surface area contributed by atoms with E-state index in [-0.39, 0.29) is 5.09 Å². The molecule has 0 amide bonds. The van der Waals surface area contributed by atoms with Crippen molar-refractivity contribution >= 4 is 15.7 Å². The topological polar surface area (TPSA) is 71.8 Å². The molecule has 1 N–H and O–H groups in total. The summed E-state index contributed by atoms with van der Waals surface area (Å²) < 4.78 is 36.0. The standard InChI is InChI=1S/C16H22N2O4S/c1-4-21-12-13-7-5-6-8-15(13)17-11-14-9-10-16(22-14)23(19,20)18(2)3/h5-10,17H,4,11-12H2,1-3H3. The molecule has 6 nitrogen and oxygen atoms in total. The number of furan rings is 1. The van der Waals surface area contributed by atoms with E-state index in [2.05, 4.69) is 5.32 Å². The molecule has 23 heavy (non-hydrogen) atoms. The lowest BCUT2D eigenvalue weighted by Crippen LogP contribution is -2.21. The Kier molecular flexibility index (Phi) is 5.81. The van der Waals surface area contributed by atoms with E-state index in [1.165, 1.54) is 20.2 Å². The number of hydrogen-bond donors (Lipinski definition) is 1. The van der Waals surface area contributed by atoms with E-state index < -0.39 is 10.0 Å². The smallest absolute Gasteiger partial charge is 0.275 e. The van der Waals surface area contributed by atoms with Gasteiger partial charge in [0.1, 0.15) is 5.76 Å². The van der Waals surface area contributed by atoms with Gasteiger partial charge in [-0.25, -0.2) is 12.7 Å². The Labute approximate surface area is 137 Å². The Morgan fingerprint density at radius 3 is 2.61 bits per heavy atom. The summed E-state index contributed by atoms with van der Waals surface area (Å²) in [7, 11) is -0.596. The van der Waals surface area contributed by atoms with Gasteiger partial charge < -0.3 is 14.5 Å². The number of nitrogens with one attached hydrogen (secondary N) is 1. The molecular weight excluding hydrogens is 316 g/mol. The lowest BCUT2D eigenvalue weighted by atomic mass is 10.2. The van der Waals surface area contributed by atoms with Gasteiger partial charge in [0.25, 0.3) is 10.0 Å². The van der Waals surface area contributed by atoms with Gasteiger partial charge in [-0.1, -0.05) is 18.2 Å². The quantitative estimate of drug-likeness (QED) is 0.801. The molecule has 0 radical (unpaired) electrons. The highest BCUT2D eigenvalue weighted by molar-refractivity contribution is 7.88. The van der Waals surface area contributed by atoms with Crippen LogP contribution in [0.2, 0.25) is 0 Å². The molecule has 0 aliphatic carbocycles. The van der Waals surface area contributed by atoms with Crippen LogP contribution in [0.1, 0.15) is 18.2 Å². The first-order valence-electron chi connectivity index (χ1n) is 7.36. The Bertz CT molecular complexity index is 738. The highest BCUT2D eigenvalue weighted by atomic mass is 32.2. The minimum atomic E-state index is -3.54. The maximum atomic E-state index is 12.0. The van der Waals surface area contributed by atoms with Gasteiger partial charge in [0, 0.05) is 32.0 Å². The largest absolute Gasteiger partial charge is 0.446 e. The third kappa shape index (κ3) is 4.34. The molecule has 0 fully saturated rings. The Morgan fingerprint density at radius 2 is 1.91 bits per heavy atom. The van der Waals surface area contributed by atoms with Crippen molar-refractivity contribution in [3.63, 3.8) is 0 Å².